The molecule has 1 aromatic rings. The van der Waals surface area contributed by atoms with Crippen molar-refractivity contribution in [3.8, 4) is 0 Å². The molecule has 0 fully saturated rings. The summed E-state index contributed by atoms with van der Waals surface area (Å²) in [4.78, 5) is 21.3. The van der Waals surface area contributed by atoms with Gasteiger partial charge in [0.05, 0.1) is 5.56 Å². The van der Waals surface area contributed by atoms with Crippen molar-refractivity contribution in [1.29, 1.82) is 0 Å². The summed E-state index contributed by atoms with van der Waals surface area (Å²) in [6.45, 7) is 4.00. The van der Waals surface area contributed by atoms with Crippen molar-refractivity contribution in [2.75, 3.05) is 0 Å². The fourth-order valence-electron chi connectivity index (χ4n) is 0.774. The van der Waals surface area contributed by atoms with Gasteiger partial charge in [0.2, 0.25) is 3.79 Å². The first-order chi connectivity index (χ1) is 6.61. The number of aromatic carboxylic acids is 1. The first kappa shape index (κ1) is 13.1. The van der Waals surface area contributed by atoms with Gasteiger partial charge in [-0.3, -0.25) is 4.79 Å². The fourth-order valence-corrected chi connectivity index (χ4v) is 1.11. The maximum atomic E-state index is 10.8. The van der Waals surface area contributed by atoms with Crippen LogP contribution in [0.4, 0.5) is 0 Å². The average Bonchev–Trinajstić information content (AvgIpc) is 2.21. The van der Waals surface area contributed by atoms with Crippen LogP contribution in [0.3, 0.4) is 0 Å². The molecule has 3 nitrogen and oxygen atoms in total. The summed E-state index contributed by atoms with van der Waals surface area (Å²) in [6, 6.07) is 5.94. The van der Waals surface area contributed by atoms with E-state index >= 15 is 0 Å². The Morgan fingerprint density at radius 3 is 2.14 bits per heavy atom. The van der Waals surface area contributed by atoms with E-state index in [4.69, 9.17) is 5.11 Å². The summed E-state index contributed by atoms with van der Waals surface area (Å²) >= 11 is 1.62. The minimum absolute atomic E-state index is 0.137. The monoisotopic (exact) mass is 306 g/mol. The molecule has 0 aromatic heterocycles. The zero-order valence-corrected chi connectivity index (χ0v) is 10.1. The lowest BCUT2D eigenvalue weighted by Gasteiger charge is -1.95. The van der Waals surface area contributed by atoms with Crippen molar-refractivity contribution in [2.45, 2.75) is 13.8 Å². The highest BCUT2D eigenvalue weighted by molar-refractivity contribution is 14.1. The zero-order chi connectivity index (χ0) is 11.1. The summed E-state index contributed by atoms with van der Waals surface area (Å²) in [5.74, 6) is -1.02. The number of carbonyl (C=O) groups is 2. The molecule has 0 saturated heterocycles. The number of hydrogen-bond donors (Lipinski definition) is 1. The minimum atomic E-state index is -1.02. The normalized spacial score (nSPS) is 8.50. The smallest absolute Gasteiger partial charge is 0.335 e. The van der Waals surface area contributed by atoms with E-state index in [1.165, 1.54) is 12.1 Å². The third-order valence-electron chi connectivity index (χ3n) is 1.34. The molecule has 76 valence electrons. The highest BCUT2D eigenvalue weighted by Gasteiger charge is 2.05. The van der Waals surface area contributed by atoms with Gasteiger partial charge in [-0.25, -0.2) is 4.79 Å². The molecule has 0 amide bonds. The predicted octanol–water partition coefficient (Wildman–Crippen LogP) is 2.99. The summed E-state index contributed by atoms with van der Waals surface area (Å²) in [7, 11) is 0. The van der Waals surface area contributed by atoms with Gasteiger partial charge in [0.15, 0.2) is 0 Å². The van der Waals surface area contributed by atoms with E-state index in [1.807, 2.05) is 13.8 Å². The molecular weight excluding hydrogens is 295 g/mol. The van der Waals surface area contributed by atoms with Gasteiger partial charge in [0, 0.05) is 28.2 Å². The van der Waals surface area contributed by atoms with Gasteiger partial charge in [0.1, 0.15) is 0 Å². The Hall–Kier alpha value is -0.910. The van der Waals surface area contributed by atoms with Gasteiger partial charge in [-0.1, -0.05) is 26.0 Å². The molecule has 14 heavy (non-hydrogen) atoms. The van der Waals surface area contributed by atoms with Crippen molar-refractivity contribution in [3.05, 3.63) is 35.4 Å². The van der Waals surface area contributed by atoms with E-state index in [1.54, 1.807) is 34.7 Å². The number of rotatable bonds is 2. The number of carboxylic acid groups (broad SMARTS) is 1. The van der Waals surface area contributed by atoms with E-state index in [9.17, 15) is 9.59 Å². The van der Waals surface area contributed by atoms with E-state index in [0.717, 1.165) is 0 Å². The second-order valence-corrected chi connectivity index (χ2v) is 3.14. The molecule has 0 aliphatic carbocycles. The van der Waals surface area contributed by atoms with Gasteiger partial charge < -0.3 is 5.11 Å². The average molecular weight is 306 g/mol. The molecule has 0 heterocycles. The molecule has 0 atom stereocenters. The van der Waals surface area contributed by atoms with Crippen LogP contribution in [0, 0.1) is 0 Å². The molecule has 1 aromatic carbocycles. The third-order valence-corrected chi connectivity index (χ3v) is 1.96. The number of hydrogen-bond acceptors (Lipinski definition) is 2. The van der Waals surface area contributed by atoms with Crippen LogP contribution in [0.2, 0.25) is 0 Å². The van der Waals surface area contributed by atoms with Gasteiger partial charge in [0.25, 0.3) is 0 Å². The van der Waals surface area contributed by atoms with Crippen molar-refractivity contribution in [2.24, 2.45) is 0 Å². The standard InChI is InChI=1S/C8H5IO3.C2H6/c9-7(10)5-2-1-3-6(4-5)8(11)12;1-2/h1-4H,(H,11,12);1-2H3. The Labute approximate surface area is 96.3 Å². The topological polar surface area (TPSA) is 54.4 Å². The molecule has 0 saturated carbocycles. The Bertz CT molecular complexity index is 305. The van der Waals surface area contributed by atoms with Crippen LogP contribution in [0.5, 0.6) is 0 Å². The Balaban J connectivity index is 0.000000791. The zero-order valence-electron chi connectivity index (χ0n) is 7.95. The molecule has 0 spiro atoms. The van der Waals surface area contributed by atoms with Crippen LogP contribution >= 0.6 is 22.6 Å². The molecule has 1 rings (SSSR count). The summed E-state index contributed by atoms with van der Waals surface area (Å²) in [6.07, 6.45) is 0. The quantitative estimate of drug-likeness (QED) is 0.675. The van der Waals surface area contributed by atoms with Crippen molar-refractivity contribution in [3.63, 3.8) is 0 Å². The largest absolute Gasteiger partial charge is 0.478 e. The molecule has 4 heteroatoms. The van der Waals surface area contributed by atoms with Crippen molar-refractivity contribution < 1.29 is 14.7 Å². The van der Waals surface area contributed by atoms with E-state index < -0.39 is 5.97 Å². The predicted molar refractivity (Wildman–Crippen MR) is 63.1 cm³/mol. The molecule has 0 bridgehead atoms. The number of halogens is 1. The second-order valence-electron chi connectivity index (χ2n) is 2.16. The Kier molecular flexibility index (Phi) is 6.11. The van der Waals surface area contributed by atoms with Gasteiger partial charge in [-0.05, 0) is 12.1 Å². The summed E-state index contributed by atoms with van der Waals surface area (Å²) in [5, 5.41) is 8.58. The Morgan fingerprint density at radius 2 is 1.71 bits per heavy atom. The lowest BCUT2D eigenvalue weighted by molar-refractivity contribution is 0.0697. The maximum absolute atomic E-state index is 10.8. The number of carbonyl (C=O) groups excluding carboxylic acids is 1. The molecule has 1 N–H and O–H groups in total. The molecule has 0 aliphatic rings. The van der Waals surface area contributed by atoms with Crippen LogP contribution in [-0.4, -0.2) is 14.9 Å². The lowest BCUT2D eigenvalue weighted by Crippen LogP contribution is -1.98. The fraction of sp³-hybridized carbons (Fsp3) is 0.200. The Morgan fingerprint density at radius 1 is 1.21 bits per heavy atom. The molecule has 0 radical (unpaired) electrons. The maximum Gasteiger partial charge on any atom is 0.335 e. The van der Waals surface area contributed by atoms with Crippen molar-refractivity contribution in [1.82, 2.24) is 0 Å². The highest BCUT2D eigenvalue weighted by atomic mass is 127. The van der Waals surface area contributed by atoms with E-state index in [0.29, 0.717) is 5.56 Å². The van der Waals surface area contributed by atoms with Gasteiger partial charge in [-0.2, -0.15) is 0 Å². The second kappa shape index (κ2) is 6.53. The van der Waals surface area contributed by atoms with E-state index in [-0.39, 0.29) is 9.35 Å². The number of benzene rings is 1. The SMILES string of the molecule is CC.O=C(O)c1cccc(C(=O)I)c1. The first-order valence-corrected chi connectivity index (χ1v) is 5.22. The van der Waals surface area contributed by atoms with Crippen LogP contribution in [0.25, 0.3) is 0 Å². The molecule has 0 unspecified atom stereocenters. The number of carboxylic acids is 1. The first-order valence-electron chi connectivity index (χ1n) is 4.14. The molecule has 0 aliphatic heterocycles. The van der Waals surface area contributed by atoms with Gasteiger partial charge in [-0.15, -0.1) is 0 Å². The van der Waals surface area contributed by atoms with Crippen LogP contribution in [0.1, 0.15) is 34.6 Å². The van der Waals surface area contributed by atoms with Gasteiger partial charge >= 0.3 is 5.97 Å². The minimum Gasteiger partial charge on any atom is -0.478 e. The summed E-state index contributed by atoms with van der Waals surface area (Å²) < 4.78 is -0.157. The van der Waals surface area contributed by atoms with Crippen LogP contribution in [0.15, 0.2) is 24.3 Å². The molecular formula is C10H11IO3. The van der Waals surface area contributed by atoms with Crippen molar-refractivity contribution >= 4 is 32.4 Å². The van der Waals surface area contributed by atoms with Crippen LogP contribution in [-0.2, 0) is 0 Å². The lowest BCUT2D eigenvalue weighted by atomic mass is 10.1. The summed E-state index contributed by atoms with van der Waals surface area (Å²) in [5.41, 5.74) is 0.549. The third kappa shape index (κ3) is 3.87. The van der Waals surface area contributed by atoms with Crippen LogP contribution < -0.4 is 0 Å². The highest BCUT2D eigenvalue weighted by Crippen LogP contribution is 2.09. The van der Waals surface area contributed by atoms with E-state index in [2.05, 4.69) is 0 Å².